The first kappa shape index (κ1) is 13.6. The number of aryl methyl sites for hydroxylation is 2. The van der Waals surface area contributed by atoms with Crippen molar-refractivity contribution < 1.29 is 9.53 Å². The fraction of sp³-hybridized carbons (Fsp3) is 0.733. The molecule has 5 heteroatoms. The molecule has 20 heavy (non-hydrogen) atoms. The minimum Gasteiger partial charge on any atom is -0.378 e. The number of fused-ring (bicyclic) bond motifs is 1. The number of hydrogen-bond donors (Lipinski definition) is 1. The first-order valence-corrected chi connectivity index (χ1v) is 7.53. The average Bonchev–Trinajstić information content (AvgIpc) is 3.09. The van der Waals surface area contributed by atoms with Gasteiger partial charge in [0, 0.05) is 43.9 Å². The Bertz CT molecular complexity index is 473. The standard InChI is InChI=1S/C15H23N3O2/c1-18-11-16-9-12(18)4-5-14(19)17-10-15-6-2-3-13(15)20-8-7-15/h9,11,13H,2-8,10H2,1H3,(H,17,19)/t13-,15-/m1/s1. The smallest absolute Gasteiger partial charge is 0.220 e. The Morgan fingerprint density at radius 2 is 2.50 bits per heavy atom. The Hall–Kier alpha value is -1.36. The van der Waals surface area contributed by atoms with Gasteiger partial charge in [0.05, 0.1) is 12.4 Å². The molecule has 0 aromatic carbocycles. The molecule has 3 rings (SSSR count). The zero-order chi connectivity index (χ0) is 14.0. The summed E-state index contributed by atoms with van der Waals surface area (Å²) in [6.45, 7) is 1.64. The predicted molar refractivity (Wildman–Crippen MR) is 75.2 cm³/mol. The van der Waals surface area contributed by atoms with Crippen LogP contribution in [0.25, 0.3) is 0 Å². The molecule has 1 aliphatic carbocycles. The van der Waals surface area contributed by atoms with Gasteiger partial charge in [0.15, 0.2) is 0 Å². The molecule has 0 radical (unpaired) electrons. The van der Waals surface area contributed by atoms with Crippen LogP contribution in [0.3, 0.4) is 0 Å². The van der Waals surface area contributed by atoms with E-state index in [0.29, 0.717) is 12.5 Å². The van der Waals surface area contributed by atoms with Crippen LogP contribution in [0.5, 0.6) is 0 Å². The summed E-state index contributed by atoms with van der Waals surface area (Å²) in [6, 6.07) is 0. The van der Waals surface area contributed by atoms with Gasteiger partial charge in [-0.25, -0.2) is 4.98 Å². The van der Waals surface area contributed by atoms with Crippen LogP contribution in [0, 0.1) is 5.41 Å². The third-order valence-corrected chi connectivity index (χ3v) is 4.91. The van der Waals surface area contributed by atoms with Crippen LogP contribution in [0.4, 0.5) is 0 Å². The number of hydrogen-bond acceptors (Lipinski definition) is 3. The Kier molecular flexibility index (Phi) is 3.78. The number of nitrogens with one attached hydrogen (secondary N) is 1. The number of carbonyl (C=O) groups excluding carboxylic acids is 1. The van der Waals surface area contributed by atoms with Crippen LogP contribution in [0.15, 0.2) is 12.5 Å². The van der Waals surface area contributed by atoms with E-state index in [1.165, 1.54) is 12.8 Å². The van der Waals surface area contributed by atoms with Crippen LogP contribution in [-0.2, 0) is 23.0 Å². The fourth-order valence-electron chi connectivity index (χ4n) is 3.58. The minimum absolute atomic E-state index is 0.137. The summed E-state index contributed by atoms with van der Waals surface area (Å²) in [5.41, 5.74) is 1.32. The van der Waals surface area contributed by atoms with Gasteiger partial charge in [-0.1, -0.05) is 6.42 Å². The molecule has 1 N–H and O–H groups in total. The van der Waals surface area contributed by atoms with E-state index < -0.39 is 0 Å². The summed E-state index contributed by atoms with van der Waals surface area (Å²) in [7, 11) is 1.96. The van der Waals surface area contributed by atoms with E-state index in [1.54, 1.807) is 6.33 Å². The Labute approximate surface area is 119 Å². The van der Waals surface area contributed by atoms with Gasteiger partial charge in [-0.2, -0.15) is 0 Å². The molecular weight excluding hydrogens is 254 g/mol. The van der Waals surface area contributed by atoms with Gasteiger partial charge >= 0.3 is 0 Å². The molecule has 1 amide bonds. The molecular formula is C15H23N3O2. The highest BCUT2D eigenvalue weighted by Gasteiger charge is 2.47. The molecule has 0 spiro atoms. The Morgan fingerprint density at radius 3 is 3.30 bits per heavy atom. The maximum absolute atomic E-state index is 12.0. The first-order chi connectivity index (χ1) is 9.70. The van der Waals surface area contributed by atoms with Gasteiger partial charge in [0.2, 0.25) is 5.91 Å². The van der Waals surface area contributed by atoms with Gasteiger partial charge in [-0.15, -0.1) is 0 Å². The van der Waals surface area contributed by atoms with Crippen LogP contribution in [-0.4, -0.2) is 34.7 Å². The lowest BCUT2D eigenvalue weighted by Crippen LogP contribution is -2.39. The first-order valence-electron chi connectivity index (χ1n) is 7.53. The lowest BCUT2D eigenvalue weighted by atomic mass is 9.83. The normalized spacial score (nSPS) is 28.6. The summed E-state index contributed by atoms with van der Waals surface area (Å²) >= 11 is 0. The molecule has 2 fully saturated rings. The van der Waals surface area contributed by atoms with Gasteiger partial charge in [0.25, 0.3) is 0 Å². The van der Waals surface area contributed by atoms with E-state index in [2.05, 4.69) is 10.3 Å². The third-order valence-electron chi connectivity index (χ3n) is 4.91. The van der Waals surface area contributed by atoms with E-state index in [1.807, 2.05) is 17.8 Å². The van der Waals surface area contributed by atoms with E-state index in [0.717, 1.165) is 38.1 Å². The largest absolute Gasteiger partial charge is 0.378 e. The van der Waals surface area contributed by atoms with Crippen molar-refractivity contribution in [3.8, 4) is 0 Å². The monoisotopic (exact) mass is 277 g/mol. The van der Waals surface area contributed by atoms with Crippen molar-refractivity contribution in [1.29, 1.82) is 0 Å². The lowest BCUT2D eigenvalue weighted by Gasteiger charge is -2.27. The summed E-state index contributed by atoms with van der Waals surface area (Å²) in [5.74, 6) is 0.137. The zero-order valence-electron chi connectivity index (χ0n) is 12.1. The molecule has 5 nitrogen and oxygen atoms in total. The van der Waals surface area contributed by atoms with Crippen molar-refractivity contribution >= 4 is 5.91 Å². The number of imidazole rings is 1. The topological polar surface area (TPSA) is 56.2 Å². The minimum atomic E-state index is 0.137. The number of nitrogens with zero attached hydrogens (tertiary/aromatic N) is 2. The zero-order valence-corrected chi connectivity index (χ0v) is 12.1. The van der Waals surface area contributed by atoms with Crippen molar-refractivity contribution in [2.45, 2.75) is 44.6 Å². The third kappa shape index (κ3) is 2.59. The van der Waals surface area contributed by atoms with Crippen molar-refractivity contribution in [3.63, 3.8) is 0 Å². The number of ether oxygens (including phenoxy) is 1. The lowest BCUT2D eigenvalue weighted by molar-refractivity contribution is -0.121. The Morgan fingerprint density at radius 1 is 1.60 bits per heavy atom. The van der Waals surface area contributed by atoms with Crippen molar-refractivity contribution in [2.75, 3.05) is 13.2 Å². The number of aromatic nitrogens is 2. The van der Waals surface area contributed by atoms with Gasteiger partial charge in [-0.05, 0) is 25.7 Å². The van der Waals surface area contributed by atoms with Crippen LogP contribution in [0.1, 0.15) is 37.8 Å². The van der Waals surface area contributed by atoms with Crippen molar-refractivity contribution in [3.05, 3.63) is 18.2 Å². The van der Waals surface area contributed by atoms with Crippen LogP contribution in [0.2, 0.25) is 0 Å². The molecule has 0 bridgehead atoms. The molecule has 1 aromatic heterocycles. The second-order valence-electron chi connectivity index (χ2n) is 6.14. The maximum atomic E-state index is 12.0. The molecule has 1 aliphatic heterocycles. The quantitative estimate of drug-likeness (QED) is 0.886. The van der Waals surface area contributed by atoms with Crippen LogP contribution >= 0.6 is 0 Å². The molecule has 110 valence electrons. The summed E-state index contributed by atoms with van der Waals surface area (Å²) in [5, 5.41) is 3.12. The number of amides is 1. The number of carbonyl (C=O) groups is 1. The van der Waals surface area contributed by atoms with E-state index in [9.17, 15) is 4.79 Å². The second kappa shape index (κ2) is 5.56. The SMILES string of the molecule is Cn1cncc1CCC(=O)NC[C@]12CCC[C@H]1OCC2. The highest BCUT2D eigenvalue weighted by Crippen LogP contribution is 2.46. The van der Waals surface area contributed by atoms with Gasteiger partial charge < -0.3 is 14.6 Å². The van der Waals surface area contributed by atoms with E-state index in [4.69, 9.17) is 4.74 Å². The molecule has 1 saturated carbocycles. The summed E-state index contributed by atoms with van der Waals surface area (Å²) < 4.78 is 7.75. The molecule has 1 saturated heterocycles. The van der Waals surface area contributed by atoms with E-state index >= 15 is 0 Å². The Balaban J connectivity index is 1.46. The maximum Gasteiger partial charge on any atom is 0.220 e. The summed E-state index contributed by atoms with van der Waals surface area (Å²) in [6.07, 6.45) is 9.92. The summed E-state index contributed by atoms with van der Waals surface area (Å²) in [4.78, 5) is 16.1. The fourth-order valence-corrected chi connectivity index (χ4v) is 3.58. The van der Waals surface area contributed by atoms with Crippen molar-refractivity contribution in [2.24, 2.45) is 12.5 Å². The van der Waals surface area contributed by atoms with E-state index in [-0.39, 0.29) is 11.3 Å². The predicted octanol–water partition coefficient (Wildman–Crippen LogP) is 1.43. The molecule has 0 unspecified atom stereocenters. The second-order valence-corrected chi connectivity index (χ2v) is 6.14. The number of rotatable bonds is 5. The highest BCUT2D eigenvalue weighted by atomic mass is 16.5. The van der Waals surface area contributed by atoms with Gasteiger partial charge in [0.1, 0.15) is 0 Å². The molecule has 2 heterocycles. The average molecular weight is 277 g/mol. The van der Waals surface area contributed by atoms with Crippen LogP contribution < -0.4 is 5.32 Å². The van der Waals surface area contributed by atoms with Gasteiger partial charge in [-0.3, -0.25) is 4.79 Å². The molecule has 1 aromatic rings. The molecule has 2 aliphatic rings. The molecule has 2 atom stereocenters. The van der Waals surface area contributed by atoms with Crippen molar-refractivity contribution in [1.82, 2.24) is 14.9 Å². The highest BCUT2D eigenvalue weighted by molar-refractivity contribution is 5.76.